The molecule has 1 atom stereocenters. The normalized spacial score (nSPS) is 18.9. The summed E-state index contributed by atoms with van der Waals surface area (Å²) in [5.41, 5.74) is 0.674. The van der Waals surface area contributed by atoms with Gasteiger partial charge in [-0.3, -0.25) is 0 Å². The summed E-state index contributed by atoms with van der Waals surface area (Å²) in [7, 11) is 0. The van der Waals surface area contributed by atoms with Crippen LogP contribution < -0.4 is 5.32 Å². The molecule has 0 aliphatic carbocycles. The Labute approximate surface area is 120 Å². The number of rotatable bonds is 4. The predicted octanol–water partition coefficient (Wildman–Crippen LogP) is 3.23. The Balaban J connectivity index is 1.98. The number of piperidine rings is 1. The van der Waals surface area contributed by atoms with Gasteiger partial charge in [-0.1, -0.05) is 20.3 Å². The second-order valence-electron chi connectivity index (χ2n) is 5.30. The molecule has 1 fully saturated rings. The summed E-state index contributed by atoms with van der Waals surface area (Å²) in [5.74, 6) is 0.796. The molecule has 110 valence electrons. The summed E-state index contributed by atoms with van der Waals surface area (Å²) in [5, 5.41) is 2.91. The van der Waals surface area contributed by atoms with E-state index in [0.29, 0.717) is 11.7 Å². The Bertz CT molecular complexity index is 430. The molecule has 2 amide bonds. The first-order chi connectivity index (χ1) is 9.74. The Hall–Kier alpha value is -1.65. The zero-order valence-corrected chi connectivity index (χ0v) is 12.4. The van der Waals surface area contributed by atoms with Gasteiger partial charge in [0.1, 0.15) is 5.82 Å². The van der Waals surface area contributed by atoms with Gasteiger partial charge >= 0.3 is 6.03 Å². The van der Waals surface area contributed by atoms with E-state index in [4.69, 9.17) is 0 Å². The Kier molecular flexibility index (Phi) is 5.32. The van der Waals surface area contributed by atoms with Gasteiger partial charge in [0.15, 0.2) is 0 Å². The number of hydrogen-bond acceptors (Lipinski definition) is 3. The van der Waals surface area contributed by atoms with Gasteiger partial charge < -0.3 is 10.2 Å². The fraction of sp³-hybridized carbons (Fsp3) is 0.667. The molecular weight excluding hydrogens is 252 g/mol. The minimum atomic E-state index is -0.0176. The molecule has 5 heteroatoms. The number of aryl methyl sites for hydroxylation is 1. The zero-order valence-electron chi connectivity index (χ0n) is 12.4. The van der Waals surface area contributed by atoms with E-state index in [2.05, 4.69) is 22.2 Å². The van der Waals surface area contributed by atoms with Gasteiger partial charge in [0.05, 0.1) is 18.1 Å². The summed E-state index contributed by atoms with van der Waals surface area (Å²) in [6.45, 7) is 5.03. The molecule has 0 aromatic carbocycles. The average Bonchev–Trinajstić information content (AvgIpc) is 2.49. The Morgan fingerprint density at radius 3 is 2.75 bits per heavy atom. The molecule has 2 heterocycles. The summed E-state index contributed by atoms with van der Waals surface area (Å²) in [6.07, 6.45) is 9.81. The van der Waals surface area contributed by atoms with Crippen LogP contribution in [0, 0.1) is 0 Å². The number of carbonyl (C=O) groups excluding carboxylic acids is 1. The lowest BCUT2D eigenvalue weighted by molar-refractivity contribution is 0.157. The lowest BCUT2D eigenvalue weighted by Crippen LogP contribution is -2.45. The number of anilines is 1. The van der Waals surface area contributed by atoms with Crippen LogP contribution in [0.5, 0.6) is 0 Å². The van der Waals surface area contributed by atoms with Gasteiger partial charge in [0.2, 0.25) is 0 Å². The molecule has 20 heavy (non-hydrogen) atoms. The van der Waals surface area contributed by atoms with E-state index >= 15 is 0 Å². The molecule has 1 aliphatic rings. The van der Waals surface area contributed by atoms with Crippen molar-refractivity contribution in [2.45, 2.75) is 58.4 Å². The topological polar surface area (TPSA) is 58.1 Å². The summed E-state index contributed by atoms with van der Waals surface area (Å²) in [4.78, 5) is 22.8. The maximum Gasteiger partial charge on any atom is 0.322 e. The molecule has 0 bridgehead atoms. The first-order valence-corrected chi connectivity index (χ1v) is 7.63. The Morgan fingerprint density at radius 1 is 1.35 bits per heavy atom. The molecule has 1 aromatic heterocycles. The number of hydrogen-bond donors (Lipinski definition) is 1. The van der Waals surface area contributed by atoms with Gasteiger partial charge in [-0.05, 0) is 25.7 Å². The molecule has 1 saturated heterocycles. The van der Waals surface area contributed by atoms with E-state index in [0.717, 1.165) is 44.5 Å². The second-order valence-corrected chi connectivity index (χ2v) is 5.30. The average molecular weight is 276 g/mol. The molecule has 1 aliphatic heterocycles. The van der Waals surface area contributed by atoms with Crippen LogP contribution >= 0.6 is 0 Å². The largest absolute Gasteiger partial charge is 0.322 e. The molecule has 5 nitrogen and oxygen atoms in total. The molecule has 1 N–H and O–H groups in total. The highest BCUT2D eigenvalue weighted by atomic mass is 16.2. The van der Waals surface area contributed by atoms with E-state index in [1.54, 1.807) is 12.4 Å². The van der Waals surface area contributed by atoms with Crippen molar-refractivity contribution in [3.8, 4) is 0 Å². The van der Waals surface area contributed by atoms with Crippen LogP contribution in [0.4, 0.5) is 10.5 Å². The smallest absolute Gasteiger partial charge is 0.322 e. The first-order valence-electron chi connectivity index (χ1n) is 7.63. The lowest BCUT2D eigenvalue weighted by Gasteiger charge is -2.35. The number of carbonyl (C=O) groups is 1. The quantitative estimate of drug-likeness (QED) is 0.918. The molecule has 2 rings (SSSR count). The number of likely N-dealkylation sites (tertiary alicyclic amines) is 1. The summed E-state index contributed by atoms with van der Waals surface area (Å²) < 4.78 is 0. The van der Waals surface area contributed by atoms with Gasteiger partial charge in [-0.15, -0.1) is 0 Å². The van der Waals surface area contributed by atoms with Crippen molar-refractivity contribution in [3.63, 3.8) is 0 Å². The predicted molar refractivity (Wildman–Crippen MR) is 79.7 cm³/mol. The minimum absolute atomic E-state index is 0.0176. The van der Waals surface area contributed by atoms with E-state index < -0.39 is 0 Å². The van der Waals surface area contributed by atoms with Crippen LogP contribution in [0.3, 0.4) is 0 Å². The van der Waals surface area contributed by atoms with Gasteiger partial charge in [-0.2, -0.15) is 0 Å². The molecule has 0 spiro atoms. The number of amides is 2. The van der Waals surface area contributed by atoms with E-state index in [9.17, 15) is 4.79 Å². The van der Waals surface area contributed by atoms with Crippen LogP contribution in [-0.2, 0) is 6.42 Å². The van der Waals surface area contributed by atoms with Crippen LogP contribution in [0.1, 0.15) is 51.8 Å². The monoisotopic (exact) mass is 276 g/mol. The third-order valence-corrected chi connectivity index (χ3v) is 3.78. The second kappa shape index (κ2) is 7.22. The molecule has 1 unspecified atom stereocenters. The van der Waals surface area contributed by atoms with Crippen LogP contribution in [0.25, 0.3) is 0 Å². The van der Waals surface area contributed by atoms with Crippen molar-refractivity contribution in [1.82, 2.24) is 14.9 Å². The molecule has 1 aromatic rings. The maximum absolute atomic E-state index is 12.4. The lowest BCUT2D eigenvalue weighted by atomic mass is 9.99. The fourth-order valence-electron chi connectivity index (χ4n) is 2.70. The van der Waals surface area contributed by atoms with Crippen molar-refractivity contribution in [1.29, 1.82) is 0 Å². The molecule has 0 saturated carbocycles. The van der Waals surface area contributed by atoms with Crippen molar-refractivity contribution < 1.29 is 4.79 Å². The SMILES string of the molecule is CCCC1CCCCN1C(=O)Nc1cnc(CC)nc1. The minimum Gasteiger partial charge on any atom is -0.322 e. The van der Waals surface area contributed by atoms with Gasteiger partial charge in [0, 0.05) is 19.0 Å². The van der Waals surface area contributed by atoms with Crippen molar-refractivity contribution >= 4 is 11.7 Å². The highest BCUT2D eigenvalue weighted by Crippen LogP contribution is 2.21. The fourth-order valence-corrected chi connectivity index (χ4v) is 2.70. The van der Waals surface area contributed by atoms with Crippen LogP contribution in [0.15, 0.2) is 12.4 Å². The number of urea groups is 1. The highest BCUT2D eigenvalue weighted by Gasteiger charge is 2.25. The zero-order chi connectivity index (χ0) is 14.4. The van der Waals surface area contributed by atoms with Gasteiger partial charge in [-0.25, -0.2) is 14.8 Å². The van der Waals surface area contributed by atoms with Crippen LogP contribution in [0.2, 0.25) is 0 Å². The van der Waals surface area contributed by atoms with Crippen molar-refractivity contribution in [2.75, 3.05) is 11.9 Å². The number of nitrogens with zero attached hydrogens (tertiary/aromatic N) is 3. The van der Waals surface area contributed by atoms with Gasteiger partial charge in [0.25, 0.3) is 0 Å². The third kappa shape index (κ3) is 3.68. The number of aromatic nitrogens is 2. The standard InChI is InChI=1S/C15H24N4O/c1-3-7-13-8-5-6-9-19(13)15(20)18-12-10-16-14(4-2)17-11-12/h10-11,13H,3-9H2,1-2H3,(H,18,20). The molecular formula is C15H24N4O. The third-order valence-electron chi connectivity index (χ3n) is 3.78. The highest BCUT2D eigenvalue weighted by molar-refractivity contribution is 5.89. The van der Waals surface area contributed by atoms with E-state index in [1.165, 1.54) is 6.42 Å². The van der Waals surface area contributed by atoms with E-state index in [-0.39, 0.29) is 6.03 Å². The molecule has 0 radical (unpaired) electrons. The first kappa shape index (κ1) is 14.8. The summed E-state index contributed by atoms with van der Waals surface area (Å²) in [6, 6.07) is 0.362. The van der Waals surface area contributed by atoms with Crippen molar-refractivity contribution in [3.05, 3.63) is 18.2 Å². The number of nitrogens with one attached hydrogen (secondary N) is 1. The Morgan fingerprint density at radius 2 is 2.10 bits per heavy atom. The van der Waals surface area contributed by atoms with Crippen molar-refractivity contribution in [2.24, 2.45) is 0 Å². The maximum atomic E-state index is 12.4. The van der Waals surface area contributed by atoms with Crippen LogP contribution in [-0.4, -0.2) is 33.5 Å². The summed E-state index contributed by atoms with van der Waals surface area (Å²) >= 11 is 0. The van der Waals surface area contributed by atoms with E-state index in [1.807, 2.05) is 11.8 Å².